The van der Waals surface area contributed by atoms with Crippen molar-refractivity contribution in [2.75, 3.05) is 0 Å². The molecule has 0 aromatic rings. The molecule has 0 radical (unpaired) electrons. The Balaban J connectivity index is 3.53. The molecule has 0 rings (SSSR count). The van der Waals surface area contributed by atoms with Gasteiger partial charge in [-0.15, -0.1) is 0 Å². The van der Waals surface area contributed by atoms with E-state index in [1.54, 1.807) is 0 Å². The van der Waals surface area contributed by atoms with Crippen LogP contribution in [0.25, 0.3) is 0 Å². The van der Waals surface area contributed by atoms with Crippen molar-refractivity contribution in [2.45, 2.75) is 45.6 Å². The van der Waals surface area contributed by atoms with Crippen molar-refractivity contribution in [3.05, 3.63) is 0 Å². The monoisotopic (exact) mass is 175 g/mol. The van der Waals surface area contributed by atoms with Gasteiger partial charge in [0.05, 0.1) is 6.42 Å². The van der Waals surface area contributed by atoms with E-state index in [0.717, 1.165) is 19.3 Å². The average molecular weight is 175 g/mol. The molecule has 0 aromatic carbocycles. The highest BCUT2D eigenvalue weighted by atomic mass is 16.6. The van der Waals surface area contributed by atoms with Gasteiger partial charge in [-0.25, -0.2) is 0 Å². The standard InChI is InChI=1S/C9H19NO2/c1-3-4-7(2)5-8(10)6-9(11)12/h7-8H,3-6,10H2,1-2H3,(H,11,12)/t7-,8+/m1/s1/i9+2. The first kappa shape index (κ1) is 11.4. The van der Waals surface area contributed by atoms with Crippen molar-refractivity contribution >= 4 is 5.97 Å². The predicted molar refractivity (Wildman–Crippen MR) is 48.9 cm³/mol. The number of hydrogen-bond acceptors (Lipinski definition) is 2. The van der Waals surface area contributed by atoms with E-state index in [0.29, 0.717) is 5.92 Å². The molecule has 12 heavy (non-hydrogen) atoms. The highest BCUT2D eigenvalue weighted by molar-refractivity contribution is 5.67. The molecule has 0 amide bonds. The first-order valence-electron chi connectivity index (χ1n) is 4.53. The van der Waals surface area contributed by atoms with Gasteiger partial charge >= 0.3 is 5.97 Å². The maximum atomic E-state index is 10.3. The fourth-order valence-electron chi connectivity index (χ4n) is 1.44. The second-order valence-electron chi connectivity index (χ2n) is 3.49. The fraction of sp³-hybridized carbons (Fsp3) is 0.889. The minimum Gasteiger partial charge on any atom is -0.481 e. The van der Waals surface area contributed by atoms with Gasteiger partial charge in [0.15, 0.2) is 0 Å². The Kier molecular flexibility index (Phi) is 5.72. The lowest BCUT2D eigenvalue weighted by Crippen LogP contribution is -2.25. The molecule has 2 atom stereocenters. The van der Waals surface area contributed by atoms with Crippen molar-refractivity contribution in [1.82, 2.24) is 0 Å². The van der Waals surface area contributed by atoms with Crippen LogP contribution in [0.5, 0.6) is 0 Å². The molecule has 3 nitrogen and oxygen atoms in total. The van der Waals surface area contributed by atoms with E-state index in [1.807, 2.05) is 0 Å². The van der Waals surface area contributed by atoms with Crippen LogP contribution in [-0.4, -0.2) is 17.1 Å². The zero-order chi connectivity index (χ0) is 9.56. The number of carboxylic acid groups (broad SMARTS) is 1. The van der Waals surface area contributed by atoms with Crippen LogP contribution in [0.15, 0.2) is 0 Å². The second kappa shape index (κ2) is 6.00. The van der Waals surface area contributed by atoms with Crippen LogP contribution in [0.4, 0.5) is 0 Å². The van der Waals surface area contributed by atoms with Gasteiger partial charge in [0.1, 0.15) is 0 Å². The summed E-state index contributed by atoms with van der Waals surface area (Å²) in [7, 11) is 0. The van der Waals surface area contributed by atoms with E-state index in [1.165, 1.54) is 0 Å². The Labute approximate surface area is 74.0 Å². The number of rotatable bonds is 6. The third-order valence-electron chi connectivity index (χ3n) is 1.92. The van der Waals surface area contributed by atoms with Gasteiger partial charge in [-0.05, 0) is 12.3 Å². The molecule has 0 unspecified atom stereocenters. The van der Waals surface area contributed by atoms with Gasteiger partial charge in [0.25, 0.3) is 0 Å². The van der Waals surface area contributed by atoms with E-state index in [4.69, 9.17) is 10.8 Å². The Morgan fingerprint density at radius 2 is 2.17 bits per heavy atom. The van der Waals surface area contributed by atoms with E-state index in [2.05, 4.69) is 13.8 Å². The molecule has 0 heterocycles. The summed E-state index contributed by atoms with van der Waals surface area (Å²) in [6.07, 6.45) is 3.18. The number of nitrogens with two attached hydrogens (primary N) is 1. The van der Waals surface area contributed by atoms with Crippen molar-refractivity contribution in [1.29, 1.82) is 0 Å². The van der Waals surface area contributed by atoms with Gasteiger partial charge in [0, 0.05) is 6.04 Å². The summed E-state index contributed by atoms with van der Waals surface area (Å²) in [5, 5.41) is 8.45. The Morgan fingerprint density at radius 1 is 1.58 bits per heavy atom. The summed E-state index contributed by atoms with van der Waals surface area (Å²) < 4.78 is 0. The molecule has 0 spiro atoms. The molecule has 0 fully saturated rings. The topological polar surface area (TPSA) is 63.3 Å². The number of hydrogen-bond donors (Lipinski definition) is 2. The Bertz CT molecular complexity index is 136. The third kappa shape index (κ3) is 6.16. The van der Waals surface area contributed by atoms with E-state index in [9.17, 15) is 4.79 Å². The predicted octanol–water partition coefficient (Wildman–Crippen LogP) is 1.61. The maximum absolute atomic E-state index is 10.3. The zero-order valence-electron chi connectivity index (χ0n) is 7.92. The molecule has 0 aromatic heterocycles. The third-order valence-corrected chi connectivity index (χ3v) is 1.92. The Morgan fingerprint density at radius 3 is 2.58 bits per heavy atom. The number of carbonyl (C=O) groups is 1. The summed E-state index contributed by atoms with van der Waals surface area (Å²) in [4.78, 5) is 10.3. The van der Waals surface area contributed by atoms with Gasteiger partial charge in [-0.2, -0.15) is 0 Å². The van der Waals surface area contributed by atoms with Crippen molar-refractivity contribution in [2.24, 2.45) is 11.7 Å². The molecule has 0 bridgehead atoms. The molecule has 0 aliphatic heterocycles. The number of aliphatic carboxylic acids is 1. The van der Waals surface area contributed by atoms with Gasteiger partial charge in [-0.1, -0.05) is 26.7 Å². The van der Waals surface area contributed by atoms with E-state index >= 15 is 0 Å². The van der Waals surface area contributed by atoms with E-state index in [-0.39, 0.29) is 12.5 Å². The smallest absolute Gasteiger partial charge is 0.304 e. The largest absolute Gasteiger partial charge is 0.481 e. The summed E-state index contributed by atoms with van der Waals surface area (Å²) >= 11 is 0. The zero-order valence-corrected chi connectivity index (χ0v) is 7.92. The fourth-order valence-corrected chi connectivity index (χ4v) is 1.44. The van der Waals surface area contributed by atoms with Gasteiger partial charge in [-0.3, -0.25) is 4.79 Å². The van der Waals surface area contributed by atoms with Crippen LogP contribution in [-0.2, 0) is 4.79 Å². The van der Waals surface area contributed by atoms with Crippen LogP contribution in [0.3, 0.4) is 0 Å². The molecule has 3 heteroatoms. The highest BCUT2D eigenvalue weighted by Gasteiger charge is 2.11. The molecule has 72 valence electrons. The lowest BCUT2D eigenvalue weighted by molar-refractivity contribution is -0.137. The summed E-state index contributed by atoms with van der Waals surface area (Å²) in [6, 6.07) is -0.177. The minimum atomic E-state index is -0.800. The van der Waals surface area contributed by atoms with Crippen molar-refractivity contribution in [3.63, 3.8) is 0 Å². The van der Waals surface area contributed by atoms with E-state index < -0.39 is 5.97 Å². The molecular weight excluding hydrogens is 156 g/mol. The highest BCUT2D eigenvalue weighted by Crippen LogP contribution is 2.12. The van der Waals surface area contributed by atoms with Crippen LogP contribution in [0.1, 0.15) is 39.5 Å². The lowest BCUT2D eigenvalue weighted by atomic mass is 9.98. The van der Waals surface area contributed by atoms with Crippen molar-refractivity contribution < 1.29 is 9.90 Å². The van der Waals surface area contributed by atoms with Crippen LogP contribution in [0.2, 0.25) is 0 Å². The minimum absolute atomic E-state index is 0.0913. The quantitative estimate of drug-likeness (QED) is 0.644. The van der Waals surface area contributed by atoms with Crippen molar-refractivity contribution in [3.8, 4) is 0 Å². The molecule has 0 saturated heterocycles. The summed E-state index contributed by atoms with van der Waals surface area (Å²) in [5.41, 5.74) is 5.62. The molecule has 3 N–H and O–H groups in total. The second-order valence-corrected chi connectivity index (χ2v) is 3.49. The molecule has 0 aliphatic carbocycles. The van der Waals surface area contributed by atoms with Crippen LogP contribution >= 0.6 is 0 Å². The average Bonchev–Trinajstić information content (AvgIpc) is 1.84. The lowest BCUT2D eigenvalue weighted by Gasteiger charge is -2.14. The normalized spacial score (nSPS) is 15.6. The molecule has 0 saturated carbocycles. The first-order valence-corrected chi connectivity index (χ1v) is 4.53. The SMILES string of the molecule is CCC[C@@H](C)C[C@H](N)C[14C](=O)O. The van der Waals surface area contributed by atoms with Gasteiger partial charge in [0.2, 0.25) is 0 Å². The Hall–Kier alpha value is -0.570. The first-order chi connectivity index (χ1) is 5.56. The summed E-state index contributed by atoms with van der Waals surface area (Å²) in [5.74, 6) is -0.254. The summed E-state index contributed by atoms with van der Waals surface area (Å²) in [6.45, 7) is 4.24. The van der Waals surface area contributed by atoms with Crippen LogP contribution < -0.4 is 5.73 Å². The molecular formula is C9H19NO2. The number of carboxylic acids is 1. The van der Waals surface area contributed by atoms with Crippen LogP contribution in [0, 0.1) is 5.92 Å². The maximum Gasteiger partial charge on any atom is 0.304 e. The van der Waals surface area contributed by atoms with Gasteiger partial charge < -0.3 is 10.8 Å². The molecule has 0 aliphatic rings.